The lowest BCUT2D eigenvalue weighted by Crippen LogP contribution is -2.42. The third-order valence-electron chi connectivity index (χ3n) is 5.54. The molecule has 0 radical (unpaired) electrons. The van der Waals surface area contributed by atoms with E-state index in [1.807, 2.05) is 23.9 Å². The quantitative estimate of drug-likeness (QED) is 0.300. The Morgan fingerprint density at radius 1 is 1.25 bits per heavy atom. The van der Waals surface area contributed by atoms with Gasteiger partial charge in [0.2, 0.25) is 11.9 Å². The second kappa shape index (κ2) is 12.8. The molecular weight excluding hydrogens is 480 g/mol. The third-order valence-corrected chi connectivity index (χ3v) is 5.81. The molecule has 0 spiro atoms. The summed E-state index contributed by atoms with van der Waals surface area (Å²) in [5.41, 5.74) is 7.77. The summed E-state index contributed by atoms with van der Waals surface area (Å²) < 4.78 is 0. The fourth-order valence-corrected chi connectivity index (χ4v) is 3.85. The van der Waals surface area contributed by atoms with Crippen molar-refractivity contribution in [3.63, 3.8) is 0 Å². The van der Waals surface area contributed by atoms with Gasteiger partial charge in [-0.05, 0) is 57.3 Å². The van der Waals surface area contributed by atoms with Crippen molar-refractivity contribution in [1.29, 1.82) is 5.41 Å². The van der Waals surface area contributed by atoms with Crippen molar-refractivity contribution >= 4 is 47.0 Å². The van der Waals surface area contributed by atoms with Crippen LogP contribution in [0.4, 0.5) is 11.6 Å². The van der Waals surface area contributed by atoms with E-state index in [2.05, 4.69) is 20.6 Å². The van der Waals surface area contributed by atoms with E-state index in [0.717, 1.165) is 19.1 Å². The van der Waals surface area contributed by atoms with Crippen LogP contribution in [0.25, 0.3) is 5.70 Å². The van der Waals surface area contributed by atoms with Crippen LogP contribution < -0.4 is 16.4 Å². The van der Waals surface area contributed by atoms with Crippen molar-refractivity contribution < 1.29 is 9.59 Å². The lowest BCUT2D eigenvalue weighted by atomic mass is 10.0. The second-order valence-corrected chi connectivity index (χ2v) is 9.03. The maximum Gasteiger partial charge on any atom is 0.253 e. The zero-order chi connectivity index (χ0) is 26.1. The highest BCUT2D eigenvalue weighted by Crippen LogP contribution is 2.21. The number of likely N-dealkylation sites (tertiary alicyclic amines) is 1. The Bertz CT molecular complexity index is 1140. The molecule has 1 fully saturated rings. The van der Waals surface area contributed by atoms with Crippen LogP contribution in [0.3, 0.4) is 0 Å². The molecule has 2 amide bonds. The molecule has 0 saturated carbocycles. The van der Waals surface area contributed by atoms with Gasteiger partial charge in [0.05, 0.1) is 16.9 Å². The topological polar surface area (TPSA) is 140 Å². The van der Waals surface area contributed by atoms with E-state index in [9.17, 15) is 9.59 Å². The number of anilines is 2. The minimum atomic E-state index is -0.212. The molecule has 11 heteroatoms. The average molecular weight is 511 g/mol. The lowest BCUT2D eigenvalue weighted by molar-refractivity contribution is -0.111. The first kappa shape index (κ1) is 26.8. The summed E-state index contributed by atoms with van der Waals surface area (Å²) in [4.78, 5) is 37.3. The van der Waals surface area contributed by atoms with Gasteiger partial charge in [0.25, 0.3) is 5.91 Å². The Kier molecular flexibility index (Phi) is 9.54. The normalized spacial score (nSPS) is 14.8. The number of nitrogens with two attached hydrogens (primary N) is 1. The van der Waals surface area contributed by atoms with Gasteiger partial charge < -0.3 is 31.6 Å². The van der Waals surface area contributed by atoms with Gasteiger partial charge >= 0.3 is 0 Å². The predicted octanol–water partition coefficient (Wildman–Crippen LogP) is 2.85. The molecule has 36 heavy (non-hydrogen) atoms. The maximum atomic E-state index is 12.9. The van der Waals surface area contributed by atoms with E-state index in [1.54, 1.807) is 30.3 Å². The Balaban J connectivity index is 1.52. The minimum absolute atomic E-state index is 0.0493. The van der Waals surface area contributed by atoms with Crippen molar-refractivity contribution in [2.45, 2.75) is 18.9 Å². The summed E-state index contributed by atoms with van der Waals surface area (Å²) in [7, 11) is 3.86. The number of piperidine rings is 1. The number of hydrogen-bond acceptors (Lipinski definition) is 8. The number of halogens is 1. The Morgan fingerprint density at radius 3 is 2.58 bits per heavy atom. The molecule has 0 atom stereocenters. The number of rotatable bonds is 9. The fourth-order valence-electron chi connectivity index (χ4n) is 3.65. The van der Waals surface area contributed by atoms with Crippen molar-refractivity contribution in [3.8, 4) is 0 Å². The summed E-state index contributed by atoms with van der Waals surface area (Å²) in [5.74, 6) is 0.136. The number of allylic oxidation sites excluding steroid dienone is 1. The van der Waals surface area contributed by atoms with Gasteiger partial charge in [-0.2, -0.15) is 0 Å². The highest BCUT2D eigenvalue weighted by molar-refractivity contribution is 6.32. The smallest absolute Gasteiger partial charge is 0.253 e. The first-order valence-electron chi connectivity index (χ1n) is 11.5. The number of carbonyl (C=O) groups excluding carboxylic acids is 2. The molecule has 0 aliphatic carbocycles. The number of nitrogens with zero attached hydrogens (tertiary/aromatic N) is 4. The predicted molar refractivity (Wildman–Crippen MR) is 143 cm³/mol. The molecule has 1 aliphatic rings. The molecule has 0 unspecified atom stereocenters. The Morgan fingerprint density at radius 2 is 1.94 bits per heavy atom. The van der Waals surface area contributed by atoms with Crippen LogP contribution in [0.1, 0.15) is 28.9 Å². The first-order valence-corrected chi connectivity index (χ1v) is 11.9. The molecule has 3 rings (SSSR count). The zero-order valence-electron chi connectivity index (χ0n) is 20.4. The van der Waals surface area contributed by atoms with E-state index >= 15 is 0 Å². The van der Waals surface area contributed by atoms with Gasteiger partial charge in [-0.25, -0.2) is 9.97 Å². The van der Waals surface area contributed by atoms with Crippen molar-refractivity contribution in [3.05, 3.63) is 65.0 Å². The van der Waals surface area contributed by atoms with Gasteiger partial charge in [0.1, 0.15) is 5.69 Å². The standard InChI is InChI=1S/C25H31ClN8O2/c1-33(2)13-3-4-22(35)30-18-7-5-17(6-8-18)24(36)34-14-10-19(11-15-34)31-25-29-16-20(26)23(32-25)21(28)9-12-27/h3-9,12,16,19,27H,10-11,13-15,28H2,1-2H3,(H,30,35)(H,29,31,32)/b4-3+,21-9?,27-12?. The molecule has 1 aromatic carbocycles. The van der Waals surface area contributed by atoms with Crippen molar-refractivity contribution in [2.75, 3.05) is 44.4 Å². The molecule has 2 heterocycles. The molecule has 1 aromatic heterocycles. The van der Waals surface area contributed by atoms with Crippen LogP contribution in [0, 0.1) is 5.41 Å². The Hall–Kier alpha value is -3.76. The largest absolute Gasteiger partial charge is 0.397 e. The summed E-state index contributed by atoms with van der Waals surface area (Å²) >= 11 is 6.13. The minimum Gasteiger partial charge on any atom is -0.397 e. The monoisotopic (exact) mass is 510 g/mol. The van der Waals surface area contributed by atoms with Crippen LogP contribution in [0.2, 0.25) is 5.02 Å². The van der Waals surface area contributed by atoms with E-state index in [-0.39, 0.29) is 23.6 Å². The molecule has 10 nitrogen and oxygen atoms in total. The molecule has 0 bridgehead atoms. The number of carbonyl (C=O) groups is 2. The summed E-state index contributed by atoms with van der Waals surface area (Å²) in [6.45, 7) is 1.85. The second-order valence-electron chi connectivity index (χ2n) is 8.62. The SMILES string of the molecule is CN(C)C/C=C/C(=O)Nc1ccc(C(=O)N2CCC(Nc3ncc(Cl)c(C(N)=CC=N)n3)CC2)cc1. The van der Waals surface area contributed by atoms with Crippen LogP contribution >= 0.6 is 11.6 Å². The third kappa shape index (κ3) is 7.62. The zero-order valence-corrected chi connectivity index (χ0v) is 21.1. The highest BCUT2D eigenvalue weighted by Gasteiger charge is 2.24. The summed E-state index contributed by atoms with van der Waals surface area (Å²) in [6.07, 6.45) is 8.69. The van der Waals surface area contributed by atoms with E-state index in [0.29, 0.717) is 47.6 Å². The van der Waals surface area contributed by atoms with Crippen LogP contribution in [0.15, 0.2) is 48.7 Å². The van der Waals surface area contributed by atoms with Crippen molar-refractivity contribution in [1.82, 2.24) is 19.8 Å². The lowest BCUT2D eigenvalue weighted by Gasteiger charge is -2.32. The van der Waals surface area contributed by atoms with Crippen LogP contribution in [0.5, 0.6) is 0 Å². The van der Waals surface area contributed by atoms with Gasteiger partial charge in [0.15, 0.2) is 0 Å². The number of likely N-dealkylation sites (N-methyl/N-ethyl adjacent to an activating group) is 1. The van der Waals surface area contributed by atoms with Gasteiger partial charge in [-0.1, -0.05) is 17.7 Å². The molecular formula is C25H31ClN8O2. The summed E-state index contributed by atoms with van der Waals surface area (Å²) in [5, 5.41) is 13.5. The van der Waals surface area contributed by atoms with Crippen LogP contribution in [-0.4, -0.2) is 77.6 Å². The summed E-state index contributed by atoms with van der Waals surface area (Å²) in [6, 6.07) is 7.00. The van der Waals surface area contributed by atoms with E-state index in [1.165, 1.54) is 18.3 Å². The highest BCUT2D eigenvalue weighted by atomic mass is 35.5. The molecule has 5 N–H and O–H groups in total. The Labute approximate surface area is 215 Å². The molecule has 1 saturated heterocycles. The number of benzene rings is 1. The average Bonchev–Trinajstić information content (AvgIpc) is 2.85. The fraction of sp³-hybridized carbons (Fsp3) is 0.320. The van der Waals surface area contributed by atoms with E-state index in [4.69, 9.17) is 22.7 Å². The van der Waals surface area contributed by atoms with Crippen molar-refractivity contribution in [2.24, 2.45) is 5.73 Å². The maximum absolute atomic E-state index is 12.9. The number of aromatic nitrogens is 2. The van der Waals surface area contributed by atoms with Gasteiger partial charge in [-0.3, -0.25) is 9.59 Å². The number of hydrogen-bond donors (Lipinski definition) is 4. The van der Waals surface area contributed by atoms with E-state index < -0.39 is 0 Å². The molecule has 2 aromatic rings. The van der Waals surface area contributed by atoms with Gasteiger partial charge in [0, 0.05) is 49.2 Å². The molecule has 1 aliphatic heterocycles. The molecule has 190 valence electrons. The van der Waals surface area contributed by atoms with Gasteiger partial charge in [-0.15, -0.1) is 0 Å². The van der Waals surface area contributed by atoms with Crippen LogP contribution in [-0.2, 0) is 4.79 Å². The number of nitrogens with one attached hydrogen (secondary N) is 3. The first-order chi connectivity index (χ1) is 17.3. The number of amides is 2.